The van der Waals surface area contributed by atoms with Crippen molar-refractivity contribution in [3.8, 4) is 0 Å². The third-order valence-corrected chi connectivity index (χ3v) is 4.49. The van der Waals surface area contributed by atoms with Crippen LogP contribution in [0.25, 0.3) is 0 Å². The highest BCUT2D eigenvalue weighted by molar-refractivity contribution is 6.35. The number of anilines is 1. The number of H-pyrrole nitrogens is 1. The molecule has 6 nitrogen and oxygen atoms in total. The number of hydrogen-bond donors (Lipinski definition) is 2. The summed E-state index contributed by atoms with van der Waals surface area (Å²) < 4.78 is 0. The van der Waals surface area contributed by atoms with Crippen molar-refractivity contribution in [1.29, 1.82) is 0 Å². The largest absolute Gasteiger partial charge is 0.328 e. The van der Waals surface area contributed by atoms with Gasteiger partial charge in [0.15, 0.2) is 0 Å². The van der Waals surface area contributed by atoms with Crippen molar-refractivity contribution >= 4 is 40.7 Å². The number of rotatable bonds is 6. The van der Waals surface area contributed by atoms with Crippen molar-refractivity contribution in [1.82, 2.24) is 15.1 Å². The van der Waals surface area contributed by atoms with E-state index in [-0.39, 0.29) is 23.8 Å². The Labute approximate surface area is 169 Å². The number of carbonyl (C=O) groups is 2. The molecule has 1 aromatic heterocycles. The lowest BCUT2D eigenvalue weighted by atomic mass is 9.92. The molecule has 146 valence electrons. The van der Waals surface area contributed by atoms with Gasteiger partial charge in [-0.3, -0.25) is 14.7 Å². The number of halogens is 2. The Balaban J connectivity index is 2.12. The van der Waals surface area contributed by atoms with E-state index in [0.29, 0.717) is 34.4 Å². The Hall–Kier alpha value is -2.05. The number of carbonyl (C=O) groups excluding carboxylic acids is 2. The van der Waals surface area contributed by atoms with E-state index in [1.54, 1.807) is 24.3 Å². The summed E-state index contributed by atoms with van der Waals surface area (Å²) in [5, 5.41) is 10.6. The van der Waals surface area contributed by atoms with Gasteiger partial charge in [-0.2, -0.15) is 5.10 Å². The van der Waals surface area contributed by atoms with Gasteiger partial charge in [-0.15, -0.1) is 0 Å². The molecule has 2 amide bonds. The fourth-order valence-electron chi connectivity index (χ4n) is 2.46. The molecule has 0 aliphatic carbocycles. The third kappa shape index (κ3) is 5.71. The van der Waals surface area contributed by atoms with Gasteiger partial charge in [0.2, 0.25) is 5.91 Å². The molecule has 2 aromatic rings. The van der Waals surface area contributed by atoms with E-state index in [0.717, 1.165) is 5.69 Å². The molecular weight excluding hydrogens is 387 g/mol. The molecule has 2 rings (SSSR count). The predicted octanol–water partition coefficient (Wildman–Crippen LogP) is 4.50. The quantitative estimate of drug-likeness (QED) is 0.735. The molecule has 27 heavy (non-hydrogen) atoms. The lowest BCUT2D eigenvalue weighted by molar-refractivity contribution is -0.116. The van der Waals surface area contributed by atoms with Crippen LogP contribution in [0.3, 0.4) is 0 Å². The fraction of sp³-hybridized carbons (Fsp3) is 0.421. The summed E-state index contributed by atoms with van der Waals surface area (Å²) in [6, 6.07) is 6.54. The molecule has 0 unspecified atom stereocenters. The molecule has 1 heterocycles. The monoisotopic (exact) mass is 410 g/mol. The number of hydrogen-bond acceptors (Lipinski definition) is 3. The van der Waals surface area contributed by atoms with Crippen LogP contribution in [0.1, 0.15) is 50.3 Å². The Kier molecular flexibility index (Phi) is 6.89. The van der Waals surface area contributed by atoms with Gasteiger partial charge in [0.05, 0.1) is 10.7 Å². The number of benzene rings is 1. The molecule has 1 aromatic carbocycles. The average Bonchev–Trinajstić information content (AvgIpc) is 3.07. The van der Waals surface area contributed by atoms with Crippen LogP contribution >= 0.6 is 23.2 Å². The van der Waals surface area contributed by atoms with Gasteiger partial charge in [-0.05, 0) is 30.7 Å². The highest BCUT2D eigenvalue weighted by Gasteiger charge is 2.24. The molecule has 0 aliphatic rings. The maximum atomic E-state index is 12.8. The third-order valence-electron chi connectivity index (χ3n) is 3.92. The number of aromatic amines is 1. The first-order chi connectivity index (χ1) is 12.6. The molecular formula is C19H24Cl2N4O2. The second-order valence-electron chi connectivity index (χ2n) is 7.32. The highest BCUT2D eigenvalue weighted by Crippen LogP contribution is 2.25. The molecule has 8 heteroatoms. The van der Waals surface area contributed by atoms with E-state index in [4.69, 9.17) is 23.2 Å². The Morgan fingerprint density at radius 1 is 1.22 bits per heavy atom. The van der Waals surface area contributed by atoms with Crippen molar-refractivity contribution in [3.63, 3.8) is 0 Å². The van der Waals surface area contributed by atoms with Gasteiger partial charge < -0.3 is 10.2 Å². The average molecular weight is 411 g/mol. The predicted molar refractivity (Wildman–Crippen MR) is 109 cm³/mol. The Bertz CT molecular complexity index is 827. The van der Waals surface area contributed by atoms with Crippen LogP contribution in [0.5, 0.6) is 0 Å². The van der Waals surface area contributed by atoms with Gasteiger partial charge in [-0.25, -0.2) is 0 Å². The van der Waals surface area contributed by atoms with Crippen molar-refractivity contribution < 1.29 is 9.59 Å². The molecule has 0 radical (unpaired) electrons. The summed E-state index contributed by atoms with van der Waals surface area (Å²) in [5.74, 6) is -0.650. The van der Waals surface area contributed by atoms with Crippen LogP contribution in [0.15, 0.2) is 24.3 Å². The number of amides is 2. The molecule has 0 spiro atoms. The summed E-state index contributed by atoms with van der Waals surface area (Å²) in [7, 11) is 0. The standard InChI is InChI=1S/C19H24Cl2N4O2/c1-5-8-25(18(27)15-10-16(24-23-15)19(2,3)4)11-17(26)22-14-9-12(20)6-7-13(14)21/h6-7,9-10H,5,8,11H2,1-4H3,(H,22,26)(H,23,24). The molecule has 0 saturated heterocycles. The molecule has 0 atom stereocenters. The topological polar surface area (TPSA) is 78.1 Å². The lowest BCUT2D eigenvalue weighted by Crippen LogP contribution is -2.38. The van der Waals surface area contributed by atoms with Crippen LogP contribution in [0.4, 0.5) is 5.69 Å². The normalized spacial score (nSPS) is 11.3. The smallest absolute Gasteiger partial charge is 0.274 e. The van der Waals surface area contributed by atoms with E-state index in [1.807, 2.05) is 27.7 Å². The van der Waals surface area contributed by atoms with Crippen molar-refractivity contribution in [2.24, 2.45) is 0 Å². The van der Waals surface area contributed by atoms with E-state index < -0.39 is 0 Å². The van der Waals surface area contributed by atoms with Gasteiger partial charge >= 0.3 is 0 Å². The van der Waals surface area contributed by atoms with Crippen molar-refractivity contribution in [2.75, 3.05) is 18.4 Å². The van der Waals surface area contributed by atoms with Crippen LogP contribution < -0.4 is 5.32 Å². The molecule has 0 bridgehead atoms. The Morgan fingerprint density at radius 2 is 1.93 bits per heavy atom. The first-order valence-electron chi connectivity index (χ1n) is 8.72. The van der Waals surface area contributed by atoms with Gasteiger partial charge in [0.25, 0.3) is 5.91 Å². The minimum Gasteiger partial charge on any atom is -0.328 e. The van der Waals surface area contributed by atoms with Crippen LogP contribution in [0, 0.1) is 0 Å². The second-order valence-corrected chi connectivity index (χ2v) is 8.16. The highest BCUT2D eigenvalue weighted by atomic mass is 35.5. The van der Waals surface area contributed by atoms with Gasteiger partial charge in [0, 0.05) is 22.7 Å². The first-order valence-corrected chi connectivity index (χ1v) is 9.47. The summed E-state index contributed by atoms with van der Waals surface area (Å²) in [5.41, 5.74) is 1.41. The minimum absolute atomic E-state index is 0.104. The molecule has 2 N–H and O–H groups in total. The zero-order valence-electron chi connectivity index (χ0n) is 15.9. The summed E-state index contributed by atoms with van der Waals surface area (Å²) >= 11 is 12.0. The molecule has 0 aliphatic heterocycles. The fourth-order valence-corrected chi connectivity index (χ4v) is 2.79. The van der Waals surface area contributed by atoms with Crippen LogP contribution in [-0.2, 0) is 10.2 Å². The van der Waals surface area contributed by atoms with Gasteiger partial charge in [-0.1, -0.05) is 50.9 Å². The number of nitrogens with zero attached hydrogens (tertiary/aromatic N) is 2. The second kappa shape index (κ2) is 8.76. The molecule has 0 saturated carbocycles. The van der Waals surface area contributed by atoms with E-state index in [9.17, 15) is 9.59 Å². The minimum atomic E-state index is -0.354. The van der Waals surface area contributed by atoms with E-state index >= 15 is 0 Å². The van der Waals surface area contributed by atoms with E-state index in [1.165, 1.54) is 4.90 Å². The SMILES string of the molecule is CCCN(CC(=O)Nc1cc(Cl)ccc1Cl)C(=O)c1cc(C(C)(C)C)[nH]n1. The summed E-state index contributed by atoms with van der Waals surface area (Å²) in [6.07, 6.45) is 0.716. The maximum absolute atomic E-state index is 12.8. The van der Waals surface area contributed by atoms with Crippen LogP contribution in [-0.4, -0.2) is 40.0 Å². The lowest BCUT2D eigenvalue weighted by Gasteiger charge is -2.21. The first kappa shape index (κ1) is 21.3. The van der Waals surface area contributed by atoms with Gasteiger partial charge in [0.1, 0.15) is 12.2 Å². The summed E-state index contributed by atoms with van der Waals surface area (Å²) in [4.78, 5) is 26.7. The number of aromatic nitrogens is 2. The maximum Gasteiger partial charge on any atom is 0.274 e. The summed E-state index contributed by atoms with van der Waals surface area (Å²) in [6.45, 7) is 8.36. The Morgan fingerprint density at radius 3 is 2.52 bits per heavy atom. The van der Waals surface area contributed by atoms with Crippen LogP contribution in [0.2, 0.25) is 10.0 Å². The zero-order chi connectivity index (χ0) is 20.2. The zero-order valence-corrected chi connectivity index (χ0v) is 17.4. The number of nitrogens with one attached hydrogen (secondary N) is 2. The van der Waals surface area contributed by atoms with Crippen molar-refractivity contribution in [3.05, 3.63) is 45.7 Å². The van der Waals surface area contributed by atoms with E-state index in [2.05, 4.69) is 15.5 Å². The van der Waals surface area contributed by atoms with Crippen molar-refractivity contribution in [2.45, 2.75) is 39.5 Å². The molecule has 0 fully saturated rings.